The van der Waals surface area contributed by atoms with Gasteiger partial charge in [0.1, 0.15) is 11.6 Å². The van der Waals surface area contributed by atoms with Crippen molar-refractivity contribution < 1.29 is 9.50 Å². The normalized spacial score (nSPS) is 19.7. The minimum Gasteiger partial charge on any atom is -0.507 e. The molecule has 1 saturated carbocycles. The predicted octanol–water partition coefficient (Wildman–Crippen LogP) is 2.96. The second-order valence-electron chi connectivity index (χ2n) is 4.80. The summed E-state index contributed by atoms with van der Waals surface area (Å²) in [5, 5.41) is 9.98. The molecule has 0 unspecified atom stereocenters. The zero-order valence-electron chi connectivity index (χ0n) is 9.59. The fraction of sp³-hybridized carbons (Fsp3) is 0.538. The first kappa shape index (κ1) is 11.4. The number of benzene rings is 1. The molecule has 0 aromatic heterocycles. The lowest BCUT2D eigenvalue weighted by Crippen LogP contribution is -2.39. The Kier molecular flexibility index (Phi) is 2.89. The summed E-state index contributed by atoms with van der Waals surface area (Å²) in [5.74, 6) is -0.350. The van der Waals surface area contributed by atoms with Crippen LogP contribution >= 0.6 is 0 Å². The van der Waals surface area contributed by atoms with E-state index in [0.29, 0.717) is 11.1 Å². The van der Waals surface area contributed by atoms with E-state index in [1.807, 2.05) is 0 Å². The van der Waals surface area contributed by atoms with Gasteiger partial charge in [0, 0.05) is 11.1 Å². The first-order chi connectivity index (χ1) is 7.54. The number of aryl methyl sites for hydroxylation is 1. The van der Waals surface area contributed by atoms with E-state index in [1.165, 1.54) is 6.07 Å². The van der Waals surface area contributed by atoms with Crippen LogP contribution in [0.2, 0.25) is 0 Å². The summed E-state index contributed by atoms with van der Waals surface area (Å²) >= 11 is 0. The molecule has 1 aromatic carbocycles. The number of rotatable bonds is 1. The summed E-state index contributed by atoms with van der Waals surface area (Å²) in [4.78, 5) is 0. The number of hydrogen-bond acceptors (Lipinski definition) is 2. The third-order valence-electron chi connectivity index (χ3n) is 3.57. The van der Waals surface area contributed by atoms with Gasteiger partial charge in [0.2, 0.25) is 0 Å². The van der Waals surface area contributed by atoms with Crippen LogP contribution in [0.5, 0.6) is 5.75 Å². The maximum atomic E-state index is 13.8. The highest BCUT2D eigenvalue weighted by atomic mass is 19.1. The lowest BCUT2D eigenvalue weighted by atomic mass is 9.76. The van der Waals surface area contributed by atoms with Gasteiger partial charge in [-0.2, -0.15) is 0 Å². The van der Waals surface area contributed by atoms with Crippen LogP contribution in [0.25, 0.3) is 0 Å². The SMILES string of the molecule is Cc1ccc(F)c(C2(N)CCCCC2)c1O. The topological polar surface area (TPSA) is 46.2 Å². The quantitative estimate of drug-likeness (QED) is 0.768. The van der Waals surface area contributed by atoms with Crippen LogP contribution in [0.1, 0.15) is 43.2 Å². The van der Waals surface area contributed by atoms with E-state index < -0.39 is 5.54 Å². The Labute approximate surface area is 95.3 Å². The molecule has 0 atom stereocenters. The minimum absolute atomic E-state index is 0.0319. The maximum absolute atomic E-state index is 13.8. The van der Waals surface area contributed by atoms with E-state index in [2.05, 4.69) is 0 Å². The van der Waals surface area contributed by atoms with Gasteiger partial charge in [-0.3, -0.25) is 0 Å². The van der Waals surface area contributed by atoms with Crippen molar-refractivity contribution in [2.24, 2.45) is 5.73 Å². The van der Waals surface area contributed by atoms with Gasteiger partial charge in [-0.1, -0.05) is 25.3 Å². The highest BCUT2D eigenvalue weighted by molar-refractivity contribution is 5.44. The molecule has 0 bridgehead atoms. The van der Waals surface area contributed by atoms with Crippen molar-refractivity contribution in [3.63, 3.8) is 0 Å². The van der Waals surface area contributed by atoms with Gasteiger partial charge >= 0.3 is 0 Å². The van der Waals surface area contributed by atoms with Crippen LogP contribution in [0.15, 0.2) is 12.1 Å². The first-order valence-corrected chi connectivity index (χ1v) is 5.82. The van der Waals surface area contributed by atoms with Crippen molar-refractivity contribution in [1.29, 1.82) is 0 Å². The zero-order valence-corrected chi connectivity index (χ0v) is 9.59. The van der Waals surface area contributed by atoms with Crippen LogP contribution in [0.4, 0.5) is 4.39 Å². The smallest absolute Gasteiger partial charge is 0.131 e. The highest BCUT2D eigenvalue weighted by Gasteiger charge is 2.34. The molecule has 0 radical (unpaired) electrons. The van der Waals surface area contributed by atoms with Crippen LogP contribution in [-0.4, -0.2) is 5.11 Å². The molecule has 0 amide bonds. The molecule has 1 aliphatic rings. The molecule has 0 spiro atoms. The molecule has 88 valence electrons. The summed E-state index contributed by atoms with van der Waals surface area (Å²) in [6.07, 6.45) is 4.65. The first-order valence-electron chi connectivity index (χ1n) is 5.82. The van der Waals surface area contributed by atoms with Crippen molar-refractivity contribution in [3.05, 3.63) is 29.1 Å². The molecular formula is C13H18FNO. The molecule has 2 nitrogen and oxygen atoms in total. The Bertz CT molecular complexity index is 397. The number of nitrogens with two attached hydrogens (primary N) is 1. The monoisotopic (exact) mass is 223 g/mol. The number of aromatic hydroxyl groups is 1. The molecule has 0 aliphatic heterocycles. The van der Waals surface area contributed by atoms with Gasteiger partial charge in [-0.05, 0) is 31.4 Å². The Balaban J connectivity index is 2.49. The summed E-state index contributed by atoms with van der Waals surface area (Å²) < 4.78 is 13.8. The fourth-order valence-electron chi connectivity index (χ4n) is 2.58. The molecule has 16 heavy (non-hydrogen) atoms. The Morgan fingerprint density at radius 1 is 1.25 bits per heavy atom. The second-order valence-corrected chi connectivity index (χ2v) is 4.80. The van der Waals surface area contributed by atoms with Crippen molar-refractivity contribution in [2.45, 2.75) is 44.6 Å². The molecule has 1 aliphatic carbocycles. The van der Waals surface area contributed by atoms with E-state index >= 15 is 0 Å². The van der Waals surface area contributed by atoms with Crippen LogP contribution in [0.3, 0.4) is 0 Å². The van der Waals surface area contributed by atoms with Crippen molar-refractivity contribution in [3.8, 4) is 5.75 Å². The van der Waals surface area contributed by atoms with Gasteiger partial charge < -0.3 is 10.8 Å². The summed E-state index contributed by atoms with van der Waals surface area (Å²) in [7, 11) is 0. The average Bonchev–Trinajstić information content (AvgIpc) is 2.25. The molecule has 3 N–H and O–H groups in total. The predicted molar refractivity (Wildman–Crippen MR) is 61.8 cm³/mol. The molecular weight excluding hydrogens is 205 g/mol. The zero-order chi connectivity index (χ0) is 11.8. The maximum Gasteiger partial charge on any atom is 0.131 e. The third-order valence-corrected chi connectivity index (χ3v) is 3.57. The van der Waals surface area contributed by atoms with Crippen LogP contribution < -0.4 is 5.73 Å². The number of halogens is 1. The molecule has 2 rings (SSSR count). The minimum atomic E-state index is -0.682. The molecule has 1 aromatic rings. The highest BCUT2D eigenvalue weighted by Crippen LogP contribution is 2.41. The third kappa shape index (κ3) is 1.80. The number of phenols is 1. The Morgan fingerprint density at radius 3 is 2.50 bits per heavy atom. The Morgan fingerprint density at radius 2 is 1.88 bits per heavy atom. The second kappa shape index (κ2) is 4.06. The standard InChI is InChI=1S/C13H18FNO/c1-9-5-6-10(14)11(12(9)16)13(15)7-3-2-4-8-13/h5-6,16H,2-4,7-8,15H2,1H3. The van der Waals surface area contributed by atoms with Crippen molar-refractivity contribution in [2.75, 3.05) is 0 Å². The number of hydrogen-bond donors (Lipinski definition) is 2. The summed E-state index contributed by atoms with van der Waals surface area (Å²) in [6, 6.07) is 2.98. The summed E-state index contributed by atoms with van der Waals surface area (Å²) in [6.45, 7) is 1.77. The molecule has 0 heterocycles. The van der Waals surface area contributed by atoms with E-state index in [9.17, 15) is 9.50 Å². The lowest BCUT2D eigenvalue weighted by molar-refractivity contribution is 0.281. The average molecular weight is 223 g/mol. The van der Waals surface area contributed by atoms with Crippen molar-refractivity contribution in [1.82, 2.24) is 0 Å². The van der Waals surface area contributed by atoms with Gasteiger partial charge in [0.05, 0.1) is 0 Å². The Hall–Kier alpha value is -1.09. The lowest BCUT2D eigenvalue weighted by Gasteiger charge is -2.34. The van der Waals surface area contributed by atoms with E-state index in [-0.39, 0.29) is 11.6 Å². The van der Waals surface area contributed by atoms with Gasteiger partial charge in [0.15, 0.2) is 0 Å². The van der Waals surface area contributed by atoms with Crippen LogP contribution in [-0.2, 0) is 5.54 Å². The number of phenolic OH excluding ortho intramolecular Hbond substituents is 1. The molecule has 1 fully saturated rings. The largest absolute Gasteiger partial charge is 0.507 e. The van der Waals surface area contributed by atoms with E-state index in [1.54, 1.807) is 13.0 Å². The van der Waals surface area contributed by atoms with E-state index in [0.717, 1.165) is 32.1 Å². The van der Waals surface area contributed by atoms with Gasteiger partial charge in [-0.15, -0.1) is 0 Å². The summed E-state index contributed by atoms with van der Waals surface area (Å²) in [5.41, 5.74) is 6.57. The molecule has 3 heteroatoms. The van der Waals surface area contributed by atoms with Gasteiger partial charge in [-0.25, -0.2) is 4.39 Å². The van der Waals surface area contributed by atoms with Crippen LogP contribution in [0, 0.1) is 12.7 Å². The van der Waals surface area contributed by atoms with Crippen molar-refractivity contribution >= 4 is 0 Å². The fourth-order valence-corrected chi connectivity index (χ4v) is 2.58. The molecule has 0 saturated heterocycles. The van der Waals surface area contributed by atoms with E-state index in [4.69, 9.17) is 5.73 Å². The van der Waals surface area contributed by atoms with Gasteiger partial charge in [0.25, 0.3) is 0 Å².